The van der Waals surface area contributed by atoms with Crippen molar-refractivity contribution in [3.8, 4) is 11.6 Å². The zero-order chi connectivity index (χ0) is 24.7. The third kappa shape index (κ3) is 4.60. The molecule has 0 saturated carbocycles. The monoisotopic (exact) mass is 510 g/mol. The highest BCUT2D eigenvalue weighted by Crippen LogP contribution is 2.36. The highest BCUT2D eigenvalue weighted by molar-refractivity contribution is 6.30. The molecule has 1 saturated heterocycles. The van der Waals surface area contributed by atoms with Crippen LogP contribution in [0.4, 0.5) is 29.5 Å². The fraction of sp³-hybridized carbons (Fsp3) is 0.333. The van der Waals surface area contributed by atoms with Gasteiger partial charge in [-0.25, -0.2) is 4.39 Å². The molecule has 0 bridgehead atoms. The average Bonchev–Trinajstić information content (AvgIpc) is 3.55. The van der Waals surface area contributed by atoms with Crippen molar-refractivity contribution in [1.29, 1.82) is 0 Å². The van der Waals surface area contributed by atoms with E-state index in [1.807, 2.05) is 0 Å². The van der Waals surface area contributed by atoms with Crippen LogP contribution >= 0.6 is 11.6 Å². The van der Waals surface area contributed by atoms with E-state index >= 15 is 0 Å². The van der Waals surface area contributed by atoms with Crippen molar-refractivity contribution in [2.75, 3.05) is 24.1 Å². The number of anilines is 2. The van der Waals surface area contributed by atoms with Crippen LogP contribution in [-0.2, 0) is 12.7 Å². The van der Waals surface area contributed by atoms with E-state index in [9.17, 15) is 17.6 Å². The number of furan rings is 1. The number of hydrogen-bond donors (Lipinski definition) is 2. The predicted octanol–water partition coefficient (Wildman–Crippen LogP) is 4.25. The fourth-order valence-electron chi connectivity index (χ4n) is 4.15. The first-order chi connectivity index (χ1) is 16.7. The van der Waals surface area contributed by atoms with Gasteiger partial charge in [0, 0.05) is 24.7 Å². The number of nitrogen functional groups attached to an aromatic ring is 1. The van der Waals surface area contributed by atoms with Crippen LogP contribution in [-0.4, -0.2) is 48.6 Å². The van der Waals surface area contributed by atoms with Gasteiger partial charge in [0.1, 0.15) is 5.82 Å². The second kappa shape index (κ2) is 8.96. The molecule has 1 aliphatic heterocycles. The van der Waals surface area contributed by atoms with Gasteiger partial charge in [-0.2, -0.15) is 32.6 Å². The van der Waals surface area contributed by atoms with E-state index < -0.39 is 23.1 Å². The summed E-state index contributed by atoms with van der Waals surface area (Å²) >= 11 is 5.78. The van der Waals surface area contributed by atoms with E-state index in [1.54, 1.807) is 17.0 Å². The Hall–Kier alpha value is -3.45. The lowest BCUT2D eigenvalue weighted by molar-refractivity contribution is -0.138. The van der Waals surface area contributed by atoms with Gasteiger partial charge < -0.3 is 15.5 Å². The maximum atomic E-state index is 14.6. The van der Waals surface area contributed by atoms with Gasteiger partial charge in [-0.1, -0.05) is 11.6 Å². The third-order valence-corrected chi connectivity index (χ3v) is 6.12. The lowest BCUT2D eigenvalue weighted by Crippen LogP contribution is -2.35. The summed E-state index contributed by atoms with van der Waals surface area (Å²) in [5, 5.41) is 6.94. The van der Waals surface area contributed by atoms with Gasteiger partial charge >= 0.3 is 6.18 Å². The number of likely N-dealkylation sites (tertiary alicyclic amines) is 1. The standard InChI is InChI=1S/C21H19ClF4N8O/c22-14-6-5-13(21(24,25)26)12(16(14)23)10-33-7-1-3-11(33)9-28-19-30-18(27)34-20(31-19)29-17(32-34)15-4-2-8-35-15/h2,4-6,8,11H,1,3,7,9-10H2,(H3,27,28,29,30,31,32)/t11-/m1/s1. The highest BCUT2D eigenvalue weighted by atomic mass is 35.5. The van der Waals surface area contributed by atoms with Crippen LogP contribution < -0.4 is 11.1 Å². The number of halogens is 5. The lowest BCUT2D eigenvalue weighted by atomic mass is 10.1. The number of nitrogens with zero attached hydrogens (tertiary/aromatic N) is 6. The number of nitrogens with two attached hydrogens (primary N) is 1. The molecule has 4 heterocycles. The van der Waals surface area contributed by atoms with Crippen molar-refractivity contribution >= 4 is 29.3 Å². The van der Waals surface area contributed by atoms with Gasteiger partial charge in [0.15, 0.2) is 5.76 Å². The minimum atomic E-state index is -4.69. The van der Waals surface area contributed by atoms with Crippen LogP contribution in [0.2, 0.25) is 5.02 Å². The van der Waals surface area contributed by atoms with Gasteiger partial charge in [0.2, 0.25) is 17.7 Å². The topological polar surface area (TPSA) is 110 Å². The minimum absolute atomic E-state index is 0.0434. The lowest BCUT2D eigenvalue weighted by Gasteiger charge is -2.26. The molecule has 5 rings (SSSR count). The van der Waals surface area contributed by atoms with E-state index in [0.717, 1.165) is 18.6 Å². The molecule has 1 aliphatic rings. The minimum Gasteiger partial charge on any atom is -0.461 e. The number of nitrogens with one attached hydrogen (secondary N) is 1. The van der Waals surface area contributed by atoms with Crippen molar-refractivity contribution in [3.05, 3.63) is 52.5 Å². The average molecular weight is 511 g/mol. The zero-order valence-electron chi connectivity index (χ0n) is 18.1. The summed E-state index contributed by atoms with van der Waals surface area (Å²) in [4.78, 5) is 14.6. The summed E-state index contributed by atoms with van der Waals surface area (Å²) in [6, 6.07) is 4.94. The Balaban J connectivity index is 1.33. The summed E-state index contributed by atoms with van der Waals surface area (Å²) in [7, 11) is 0. The normalized spacial score (nSPS) is 16.9. The molecule has 1 atom stereocenters. The Morgan fingerprint density at radius 3 is 2.77 bits per heavy atom. The summed E-state index contributed by atoms with van der Waals surface area (Å²) < 4.78 is 61.6. The molecule has 0 aliphatic carbocycles. The first-order valence-electron chi connectivity index (χ1n) is 10.7. The van der Waals surface area contributed by atoms with Crippen LogP contribution in [0.15, 0.2) is 34.9 Å². The molecule has 4 aromatic rings. The molecule has 1 aromatic carbocycles. The summed E-state index contributed by atoms with van der Waals surface area (Å²) in [5.74, 6) is 0.106. The molecular weight excluding hydrogens is 492 g/mol. The van der Waals surface area contributed by atoms with E-state index in [4.69, 9.17) is 21.8 Å². The van der Waals surface area contributed by atoms with Crippen molar-refractivity contribution in [2.45, 2.75) is 31.6 Å². The maximum absolute atomic E-state index is 14.6. The number of fused-ring (bicyclic) bond motifs is 1. The summed E-state index contributed by atoms with van der Waals surface area (Å²) in [5.41, 5.74) is 4.50. The van der Waals surface area contributed by atoms with Gasteiger partial charge in [0.25, 0.3) is 5.78 Å². The molecule has 3 N–H and O–H groups in total. The molecule has 3 aromatic heterocycles. The maximum Gasteiger partial charge on any atom is 0.416 e. The first-order valence-corrected chi connectivity index (χ1v) is 11.0. The molecule has 9 nitrogen and oxygen atoms in total. The van der Waals surface area contributed by atoms with E-state index in [-0.39, 0.29) is 35.3 Å². The van der Waals surface area contributed by atoms with Crippen molar-refractivity contribution in [2.24, 2.45) is 0 Å². The summed E-state index contributed by atoms with van der Waals surface area (Å²) in [6.45, 7) is 0.582. The molecule has 1 fully saturated rings. The Bertz CT molecular complexity index is 1360. The van der Waals surface area contributed by atoms with Crippen LogP contribution in [0.3, 0.4) is 0 Å². The van der Waals surface area contributed by atoms with Crippen LogP contribution in [0.5, 0.6) is 0 Å². The van der Waals surface area contributed by atoms with Gasteiger partial charge in [-0.15, -0.1) is 5.10 Å². The molecule has 35 heavy (non-hydrogen) atoms. The Labute approximate surface area is 200 Å². The molecule has 0 spiro atoms. The largest absolute Gasteiger partial charge is 0.461 e. The summed E-state index contributed by atoms with van der Waals surface area (Å²) in [6.07, 6.45) is -1.76. The Kier molecular flexibility index (Phi) is 5.97. The molecule has 184 valence electrons. The van der Waals surface area contributed by atoms with Crippen LogP contribution in [0, 0.1) is 5.82 Å². The molecule has 0 radical (unpaired) electrons. The van der Waals surface area contributed by atoms with E-state index in [2.05, 4.69) is 25.4 Å². The number of benzene rings is 1. The number of alkyl halides is 3. The molecule has 0 amide bonds. The van der Waals surface area contributed by atoms with E-state index in [0.29, 0.717) is 31.1 Å². The second-order valence-electron chi connectivity index (χ2n) is 8.06. The molecule has 0 unspecified atom stereocenters. The zero-order valence-corrected chi connectivity index (χ0v) is 18.8. The number of rotatable bonds is 6. The van der Waals surface area contributed by atoms with Gasteiger partial charge in [-0.05, 0) is 43.7 Å². The predicted molar refractivity (Wildman–Crippen MR) is 119 cm³/mol. The quantitative estimate of drug-likeness (QED) is 0.370. The van der Waals surface area contributed by atoms with Gasteiger partial charge in [-0.3, -0.25) is 4.90 Å². The highest BCUT2D eigenvalue weighted by Gasteiger charge is 2.37. The van der Waals surface area contributed by atoms with Crippen molar-refractivity contribution < 1.29 is 22.0 Å². The first kappa shape index (κ1) is 23.3. The van der Waals surface area contributed by atoms with Gasteiger partial charge in [0.05, 0.1) is 16.8 Å². The molecule has 14 heteroatoms. The fourth-order valence-corrected chi connectivity index (χ4v) is 4.33. The number of hydrogen-bond acceptors (Lipinski definition) is 8. The van der Waals surface area contributed by atoms with E-state index in [1.165, 1.54) is 10.8 Å². The second-order valence-corrected chi connectivity index (χ2v) is 8.47. The Morgan fingerprint density at radius 2 is 2.03 bits per heavy atom. The molecular formula is C21H19ClF4N8O. The smallest absolute Gasteiger partial charge is 0.416 e. The number of aromatic nitrogens is 5. The van der Waals surface area contributed by atoms with Crippen molar-refractivity contribution in [1.82, 2.24) is 29.5 Å². The Morgan fingerprint density at radius 1 is 1.20 bits per heavy atom. The van der Waals surface area contributed by atoms with Crippen molar-refractivity contribution in [3.63, 3.8) is 0 Å². The van der Waals surface area contributed by atoms with Crippen LogP contribution in [0.1, 0.15) is 24.0 Å². The SMILES string of the molecule is Nc1nc(NC[C@H]2CCCN2Cc2c(C(F)(F)F)ccc(Cl)c2F)nc2nc(-c3ccco3)nn12. The third-order valence-electron chi connectivity index (χ3n) is 5.83. The van der Waals surface area contributed by atoms with Crippen LogP contribution in [0.25, 0.3) is 17.4 Å².